The van der Waals surface area contributed by atoms with Crippen LogP contribution in [0.5, 0.6) is 0 Å². The van der Waals surface area contributed by atoms with E-state index in [2.05, 4.69) is 0 Å². The number of ether oxygens (including phenoxy) is 6. The van der Waals surface area contributed by atoms with E-state index in [4.69, 9.17) is 28.4 Å². The molecule has 9 atom stereocenters. The van der Waals surface area contributed by atoms with E-state index in [0.717, 1.165) is 20.8 Å². The molecule has 0 unspecified atom stereocenters. The van der Waals surface area contributed by atoms with Crippen LogP contribution in [-0.4, -0.2) is 118 Å². The second kappa shape index (κ2) is 10.8. The number of aliphatic hydroxyl groups is 5. The quantitative estimate of drug-likeness (QED) is 0.172. The second-order valence-electron chi connectivity index (χ2n) is 7.35. The number of carbonyl (C=O) groups excluding carboxylic acids is 3. The fourth-order valence-corrected chi connectivity index (χ4v) is 3.45. The van der Waals surface area contributed by atoms with Crippen LogP contribution in [0.15, 0.2) is 0 Å². The Bertz CT molecular complexity index is 683. The van der Waals surface area contributed by atoms with Gasteiger partial charge < -0.3 is 54.0 Å². The lowest BCUT2D eigenvalue weighted by atomic mass is 9.99. The molecule has 0 spiro atoms. The van der Waals surface area contributed by atoms with Crippen molar-refractivity contribution in [3.8, 4) is 0 Å². The largest absolute Gasteiger partial charge is 0.460 e. The lowest BCUT2D eigenvalue weighted by Gasteiger charge is -2.43. The molecule has 0 amide bonds. The van der Waals surface area contributed by atoms with Gasteiger partial charge in [-0.25, -0.2) is 0 Å². The molecule has 2 saturated heterocycles. The molecule has 0 aromatic carbocycles. The summed E-state index contributed by atoms with van der Waals surface area (Å²) in [6.07, 6.45) is -12.9. The molecule has 2 heterocycles. The van der Waals surface area contributed by atoms with Crippen LogP contribution in [0, 0.1) is 0 Å². The van der Waals surface area contributed by atoms with E-state index in [9.17, 15) is 39.9 Å². The molecule has 32 heavy (non-hydrogen) atoms. The third-order valence-corrected chi connectivity index (χ3v) is 4.86. The summed E-state index contributed by atoms with van der Waals surface area (Å²) in [5, 5.41) is 49.4. The maximum atomic E-state index is 11.8. The smallest absolute Gasteiger partial charge is 0.303 e. The fourth-order valence-electron chi connectivity index (χ4n) is 3.45. The van der Waals surface area contributed by atoms with Crippen LogP contribution in [-0.2, 0) is 42.8 Å². The number of carbonyl (C=O) groups is 3. The summed E-state index contributed by atoms with van der Waals surface area (Å²) in [6.45, 7) is 0.875. The minimum atomic E-state index is -2.28. The number of hydrogen-bond donors (Lipinski definition) is 5. The Morgan fingerprint density at radius 2 is 1.44 bits per heavy atom. The zero-order valence-corrected chi connectivity index (χ0v) is 17.7. The molecule has 0 aliphatic carbocycles. The Morgan fingerprint density at radius 3 is 1.94 bits per heavy atom. The van der Waals surface area contributed by atoms with Crippen LogP contribution in [0.3, 0.4) is 0 Å². The highest BCUT2D eigenvalue weighted by Gasteiger charge is 2.63. The van der Waals surface area contributed by atoms with Gasteiger partial charge in [0.15, 0.2) is 18.5 Å². The van der Waals surface area contributed by atoms with Gasteiger partial charge in [-0.05, 0) is 0 Å². The van der Waals surface area contributed by atoms with E-state index in [1.54, 1.807) is 0 Å². The van der Waals surface area contributed by atoms with Gasteiger partial charge >= 0.3 is 17.9 Å². The Morgan fingerprint density at radius 1 is 0.844 bits per heavy atom. The first kappa shape index (κ1) is 26.3. The zero-order valence-electron chi connectivity index (χ0n) is 17.7. The van der Waals surface area contributed by atoms with Crippen molar-refractivity contribution in [2.24, 2.45) is 0 Å². The summed E-state index contributed by atoms with van der Waals surface area (Å²) in [5.41, 5.74) is 0. The maximum Gasteiger partial charge on any atom is 0.303 e. The standard InChI is InChI=1S/C18H28O14/c1-7(21)27-6-18(32-17-14(26)13(25)12(24)10(4-19)30-17)16(29-9(3)23)15(28-8(2)22)11(5-20)31-18/h10-17,19-20,24-26H,4-6H2,1-3H3/t10-,11-,12-,13+,14-,15-,16+,17-,18+/m1/s1. The average molecular weight is 468 g/mol. The van der Waals surface area contributed by atoms with E-state index < -0.39 is 92.5 Å². The van der Waals surface area contributed by atoms with Crippen LogP contribution >= 0.6 is 0 Å². The lowest BCUT2D eigenvalue weighted by molar-refractivity contribution is -0.383. The molecule has 14 nitrogen and oxygen atoms in total. The summed E-state index contributed by atoms with van der Waals surface area (Å²) in [5.74, 6) is -4.77. The summed E-state index contributed by atoms with van der Waals surface area (Å²) in [4.78, 5) is 34.8. The summed E-state index contributed by atoms with van der Waals surface area (Å²) < 4.78 is 31.9. The fraction of sp³-hybridized carbons (Fsp3) is 0.833. The molecule has 0 radical (unpaired) electrons. The van der Waals surface area contributed by atoms with Gasteiger partial charge in [0.25, 0.3) is 0 Å². The van der Waals surface area contributed by atoms with Crippen molar-refractivity contribution in [3.63, 3.8) is 0 Å². The van der Waals surface area contributed by atoms with E-state index >= 15 is 0 Å². The van der Waals surface area contributed by atoms with Gasteiger partial charge in [0.05, 0.1) is 13.2 Å². The monoisotopic (exact) mass is 468 g/mol. The number of aliphatic hydroxyl groups excluding tert-OH is 5. The Kier molecular flexibility index (Phi) is 8.90. The van der Waals surface area contributed by atoms with Crippen LogP contribution in [0.4, 0.5) is 0 Å². The molecule has 184 valence electrons. The molecule has 2 aliphatic rings. The molecule has 14 heteroatoms. The Labute approximate surface area is 182 Å². The van der Waals surface area contributed by atoms with Crippen molar-refractivity contribution in [2.75, 3.05) is 19.8 Å². The zero-order chi connectivity index (χ0) is 24.2. The van der Waals surface area contributed by atoms with Gasteiger partial charge in [-0.15, -0.1) is 0 Å². The third-order valence-electron chi connectivity index (χ3n) is 4.86. The minimum absolute atomic E-state index is 0.741. The van der Waals surface area contributed by atoms with Gasteiger partial charge in [-0.3, -0.25) is 14.4 Å². The van der Waals surface area contributed by atoms with Crippen LogP contribution in [0.25, 0.3) is 0 Å². The van der Waals surface area contributed by atoms with Gasteiger partial charge in [0.2, 0.25) is 5.79 Å². The molecule has 0 saturated carbocycles. The van der Waals surface area contributed by atoms with Crippen LogP contribution in [0.1, 0.15) is 20.8 Å². The predicted octanol–water partition coefficient (Wildman–Crippen LogP) is -3.68. The normalized spacial score (nSPS) is 39.4. The average Bonchev–Trinajstić information content (AvgIpc) is 2.99. The second-order valence-corrected chi connectivity index (χ2v) is 7.35. The molecule has 2 aliphatic heterocycles. The molecule has 0 aromatic heterocycles. The Hall–Kier alpha value is -1.91. The molecule has 5 N–H and O–H groups in total. The van der Waals surface area contributed by atoms with E-state index in [0.29, 0.717) is 0 Å². The maximum absolute atomic E-state index is 11.8. The highest BCUT2D eigenvalue weighted by atomic mass is 16.8. The van der Waals surface area contributed by atoms with Crippen molar-refractivity contribution in [1.29, 1.82) is 0 Å². The molecule has 0 aromatic rings. The SMILES string of the molecule is CC(=O)OC[C@@]1(O[C@H]2O[C@H](CO)[C@@H](O)[C@H](O)[C@H]2O)O[C@H](CO)[C@@H](OC(C)=O)[C@@H]1OC(C)=O. The minimum Gasteiger partial charge on any atom is -0.460 e. The van der Waals surface area contributed by atoms with E-state index in [-0.39, 0.29) is 0 Å². The van der Waals surface area contributed by atoms with E-state index in [1.807, 2.05) is 0 Å². The van der Waals surface area contributed by atoms with Crippen molar-refractivity contribution in [1.82, 2.24) is 0 Å². The van der Waals surface area contributed by atoms with Gasteiger partial charge in [0, 0.05) is 20.8 Å². The summed E-state index contributed by atoms with van der Waals surface area (Å²) in [6, 6.07) is 0. The Balaban J connectivity index is 2.46. The van der Waals surface area contributed by atoms with Gasteiger partial charge in [0.1, 0.15) is 37.1 Å². The summed E-state index contributed by atoms with van der Waals surface area (Å²) in [7, 11) is 0. The van der Waals surface area contributed by atoms with Crippen molar-refractivity contribution in [3.05, 3.63) is 0 Å². The molecular weight excluding hydrogens is 440 g/mol. The highest BCUT2D eigenvalue weighted by molar-refractivity contribution is 5.68. The first-order valence-corrected chi connectivity index (χ1v) is 9.70. The lowest BCUT2D eigenvalue weighted by Crippen LogP contribution is -2.63. The number of hydrogen-bond acceptors (Lipinski definition) is 14. The first-order valence-electron chi connectivity index (χ1n) is 9.70. The number of esters is 3. The highest BCUT2D eigenvalue weighted by Crippen LogP contribution is 2.39. The predicted molar refractivity (Wildman–Crippen MR) is 97.3 cm³/mol. The number of rotatable bonds is 8. The first-order chi connectivity index (χ1) is 15.0. The van der Waals surface area contributed by atoms with Crippen molar-refractivity contribution >= 4 is 17.9 Å². The van der Waals surface area contributed by atoms with Crippen LogP contribution in [0.2, 0.25) is 0 Å². The van der Waals surface area contributed by atoms with Gasteiger partial charge in [-0.1, -0.05) is 0 Å². The summed E-state index contributed by atoms with van der Waals surface area (Å²) >= 11 is 0. The molecule has 2 fully saturated rings. The third kappa shape index (κ3) is 5.71. The van der Waals surface area contributed by atoms with Gasteiger partial charge in [-0.2, -0.15) is 0 Å². The van der Waals surface area contributed by atoms with E-state index in [1.165, 1.54) is 0 Å². The van der Waals surface area contributed by atoms with Crippen molar-refractivity contribution in [2.45, 2.75) is 75.6 Å². The topological polar surface area (TPSA) is 208 Å². The molecular formula is C18H28O14. The van der Waals surface area contributed by atoms with Crippen molar-refractivity contribution < 1.29 is 68.3 Å². The molecule has 0 bridgehead atoms. The van der Waals surface area contributed by atoms with Crippen LogP contribution < -0.4 is 0 Å². The molecule has 2 rings (SSSR count).